The van der Waals surface area contributed by atoms with Crippen LogP contribution in [0.25, 0.3) is 0 Å². The second kappa shape index (κ2) is 11.4. The normalized spacial score (nSPS) is 18.0. The number of amides is 2. The summed E-state index contributed by atoms with van der Waals surface area (Å²) in [5.41, 5.74) is 2.57. The number of halogens is 1. The molecule has 1 aliphatic carbocycles. The number of benzene rings is 1. The number of anilines is 1. The first-order valence-electron chi connectivity index (χ1n) is 11.2. The van der Waals surface area contributed by atoms with Gasteiger partial charge in [0.2, 0.25) is 11.8 Å². The molecule has 0 radical (unpaired) electrons. The summed E-state index contributed by atoms with van der Waals surface area (Å²) in [4.78, 5) is 29.0. The van der Waals surface area contributed by atoms with Crippen molar-refractivity contribution >= 4 is 29.1 Å². The van der Waals surface area contributed by atoms with Gasteiger partial charge in [0.05, 0.1) is 0 Å². The number of carbonyl (C=O) groups is 2. The Kier molecular flexibility index (Phi) is 8.61. The second-order valence-electron chi connectivity index (χ2n) is 8.57. The van der Waals surface area contributed by atoms with E-state index < -0.39 is 0 Å². The maximum Gasteiger partial charge on any atom is 0.222 e. The zero-order chi connectivity index (χ0) is 21.3. The molecule has 0 bridgehead atoms. The molecule has 5 nitrogen and oxygen atoms in total. The lowest BCUT2D eigenvalue weighted by molar-refractivity contribution is -0.132. The first kappa shape index (κ1) is 22.7. The lowest BCUT2D eigenvalue weighted by Crippen LogP contribution is -2.49. The highest BCUT2D eigenvalue weighted by Crippen LogP contribution is 2.22. The number of hydrogen-bond acceptors (Lipinski definition) is 3. The van der Waals surface area contributed by atoms with E-state index in [1.165, 1.54) is 31.3 Å². The SMILES string of the molecule is C[C@@H](CC(=O)NCCC1=CCCCC1)CC(=O)N1CCN(c2cccc(Cl)c2)CC1. The van der Waals surface area contributed by atoms with Gasteiger partial charge in [0, 0.05) is 56.3 Å². The van der Waals surface area contributed by atoms with Crippen molar-refractivity contribution in [1.29, 1.82) is 0 Å². The summed E-state index contributed by atoms with van der Waals surface area (Å²) in [6, 6.07) is 7.84. The first-order valence-corrected chi connectivity index (χ1v) is 11.6. The summed E-state index contributed by atoms with van der Waals surface area (Å²) >= 11 is 6.09. The molecule has 30 heavy (non-hydrogen) atoms. The lowest BCUT2D eigenvalue weighted by Gasteiger charge is -2.36. The summed E-state index contributed by atoms with van der Waals surface area (Å²) < 4.78 is 0. The molecule has 1 fully saturated rings. The van der Waals surface area contributed by atoms with E-state index in [2.05, 4.69) is 22.4 Å². The molecule has 1 atom stereocenters. The van der Waals surface area contributed by atoms with Gasteiger partial charge in [-0.25, -0.2) is 0 Å². The van der Waals surface area contributed by atoms with Gasteiger partial charge in [-0.05, 0) is 56.2 Å². The van der Waals surface area contributed by atoms with Crippen LogP contribution in [0.4, 0.5) is 5.69 Å². The molecule has 164 valence electrons. The van der Waals surface area contributed by atoms with E-state index in [-0.39, 0.29) is 17.7 Å². The van der Waals surface area contributed by atoms with Gasteiger partial charge in [-0.2, -0.15) is 0 Å². The van der Waals surface area contributed by atoms with E-state index in [4.69, 9.17) is 11.6 Å². The Balaban J connectivity index is 1.34. The standard InChI is InChI=1S/C24H34ClN3O2/c1-19(16-23(29)26-11-10-20-6-3-2-4-7-20)17-24(30)28-14-12-27(13-15-28)22-9-5-8-21(25)18-22/h5-6,8-9,18-19H,2-4,7,10-17H2,1H3,(H,26,29)/t19-/m0/s1. The van der Waals surface area contributed by atoms with Crippen molar-refractivity contribution in [3.63, 3.8) is 0 Å². The minimum Gasteiger partial charge on any atom is -0.368 e. The second-order valence-corrected chi connectivity index (χ2v) is 9.01. The molecule has 1 heterocycles. The molecule has 1 N–H and O–H groups in total. The molecule has 0 spiro atoms. The molecule has 6 heteroatoms. The van der Waals surface area contributed by atoms with Gasteiger partial charge < -0.3 is 15.1 Å². The molecule has 2 aliphatic rings. The highest BCUT2D eigenvalue weighted by molar-refractivity contribution is 6.30. The van der Waals surface area contributed by atoms with Gasteiger partial charge in [-0.3, -0.25) is 9.59 Å². The van der Waals surface area contributed by atoms with E-state index >= 15 is 0 Å². The maximum absolute atomic E-state index is 12.7. The number of nitrogens with one attached hydrogen (secondary N) is 1. The average molecular weight is 432 g/mol. The quantitative estimate of drug-likeness (QED) is 0.620. The fourth-order valence-corrected chi connectivity index (χ4v) is 4.45. The van der Waals surface area contributed by atoms with E-state index in [0.29, 0.717) is 32.5 Å². The molecular weight excluding hydrogens is 398 g/mol. The van der Waals surface area contributed by atoms with Crippen LogP contribution in [0, 0.1) is 5.92 Å². The van der Waals surface area contributed by atoms with Crippen LogP contribution in [-0.2, 0) is 9.59 Å². The molecule has 1 aliphatic heterocycles. The van der Waals surface area contributed by atoms with Gasteiger partial charge >= 0.3 is 0 Å². The molecule has 1 aromatic rings. The predicted octanol–water partition coefficient (Wildman–Crippen LogP) is 4.41. The monoisotopic (exact) mass is 431 g/mol. The minimum absolute atomic E-state index is 0.0531. The Morgan fingerprint density at radius 1 is 1.13 bits per heavy atom. The third-order valence-corrected chi connectivity index (χ3v) is 6.25. The van der Waals surface area contributed by atoms with E-state index in [9.17, 15) is 9.59 Å². The van der Waals surface area contributed by atoms with Gasteiger partial charge in [0.25, 0.3) is 0 Å². The lowest BCUT2D eigenvalue weighted by atomic mass is 9.97. The van der Waals surface area contributed by atoms with Crippen LogP contribution in [0.15, 0.2) is 35.9 Å². The van der Waals surface area contributed by atoms with Crippen LogP contribution >= 0.6 is 11.6 Å². The number of allylic oxidation sites excluding steroid dienone is 1. The zero-order valence-electron chi connectivity index (χ0n) is 18.0. The molecule has 1 saturated heterocycles. The molecular formula is C24H34ClN3O2. The largest absolute Gasteiger partial charge is 0.368 e. The van der Waals surface area contributed by atoms with E-state index in [1.54, 1.807) is 0 Å². The predicted molar refractivity (Wildman–Crippen MR) is 123 cm³/mol. The Morgan fingerprint density at radius 3 is 2.63 bits per heavy atom. The van der Waals surface area contributed by atoms with E-state index in [1.807, 2.05) is 30.0 Å². The van der Waals surface area contributed by atoms with Crippen molar-refractivity contribution in [2.45, 2.75) is 51.9 Å². The summed E-state index contributed by atoms with van der Waals surface area (Å²) in [5.74, 6) is 0.253. The maximum atomic E-state index is 12.7. The Bertz CT molecular complexity index is 757. The van der Waals surface area contributed by atoms with Gasteiger partial charge in [-0.1, -0.05) is 36.2 Å². The van der Waals surface area contributed by atoms with Gasteiger partial charge in [0.15, 0.2) is 0 Å². The Morgan fingerprint density at radius 2 is 1.93 bits per heavy atom. The van der Waals surface area contributed by atoms with Gasteiger partial charge in [-0.15, -0.1) is 0 Å². The zero-order valence-corrected chi connectivity index (χ0v) is 18.8. The molecule has 0 unspecified atom stereocenters. The first-order chi connectivity index (χ1) is 14.5. The van der Waals surface area contributed by atoms with Crippen molar-refractivity contribution < 1.29 is 9.59 Å². The number of hydrogen-bond donors (Lipinski definition) is 1. The van der Waals surface area contributed by atoms with Crippen molar-refractivity contribution in [3.05, 3.63) is 40.9 Å². The Hall–Kier alpha value is -2.01. The smallest absolute Gasteiger partial charge is 0.222 e. The molecule has 0 saturated carbocycles. The van der Waals surface area contributed by atoms with Crippen LogP contribution in [0.3, 0.4) is 0 Å². The molecule has 1 aromatic carbocycles. The highest BCUT2D eigenvalue weighted by atomic mass is 35.5. The summed E-state index contributed by atoms with van der Waals surface area (Å²) in [7, 11) is 0. The molecule has 0 aromatic heterocycles. The fraction of sp³-hybridized carbons (Fsp3) is 0.583. The van der Waals surface area contributed by atoms with Crippen molar-refractivity contribution in [3.8, 4) is 0 Å². The fourth-order valence-electron chi connectivity index (χ4n) is 4.27. The van der Waals surface area contributed by atoms with Crippen LogP contribution in [0.5, 0.6) is 0 Å². The van der Waals surface area contributed by atoms with Crippen LogP contribution in [0.2, 0.25) is 5.02 Å². The third kappa shape index (κ3) is 7.05. The summed E-state index contributed by atoms with van der Waals surface area (Å²) in [5, 5.41) is 3.75. The third-order valence-electron chi connectivity index (χ3n) is 6.02. The van der Waals surface area contributed by atoms with Crippen molar-refractivity contribution in [2.75, 3.05) is 37.6 Å². The number of piperazine rings is 1. The molecule has 3 rings (SSSR count). The van der Waals surface area contributed by atoms with Crippen LogP contribution < -0.4 is 10.2 Å². The average Bonchev–Trinajstić information content (AvgIpc) is 2.74. The molecule has 2 amide bonds. The summed E-state index contributed by atoms with van der Waals surface area (Å²) in [6.45, 7) is 5.71. The van der Waals surface area contributed by atoms with Crippen LogP contribution in [-0.4, -0.2) is 49.4 Å². The highest BCUT2D eigenvalue weighted by Gasteiger charge is 2.23. The van der Waals surface area contributed by atoms with Crippen molar-refractivity contribution in [1.82, 2.24) is 10.2 Å². The topological polar surface area (TPSA) is 52.7 Å². The van der Waals surface area contributed by atoms with Crippen LogP contribution in [0.1, 0.15) is 51.9 Å². The van der Waals surface area contributed by atoms with E-state index in [0.717, 1.165) is 30.2 Å². The van der Waals surface area contributed by atoms with Crippen molar-refractivity contribution in [2.24, 2.45) is 5.92 Å². The number of rotatable bonds is 8. The number of carbonyl (C=O) groups excluding carboxylic acids is 2. The van der Waals surface area contributed by atoms with Gasteiger partial charge in [0.1, 0.15) is 0 Å². The summed E-state index contributed by atoms with van der Waals surface area (Å²) in [6.07, 6.45) is 9.02. The number of nitrogens with zero attached hydrogens (tertiary/aromatic N) is 2. The minimum atomic E-state index is 0.0531. The Labute approximate surface area is 185 Å².